The van der Waals surface area contributed by atoms with Crippen LogP contribution in [0.2, 0.25) is 0 Å². The van der Waals surface area contributed by atoms with Crippen LogP contribution in [0.4, 0.5) is 4.79 Å². The number of carbonyl (C=O) groups is 2. The number of pyridine rings is 1. The van der Waals surface area contributed by atoms with Crippen LogP contribution < -0.4 is 5.32 Å². The van der Waals surface area contributed by atoms with E-state index in [0.29, 0.717) is 12.1 Å². The van der Waals surface area contributed by atoms with Gasteiger partial charge in [-0.25, -0.2) is 4.79 Å². The third-order valence-electron chi connectivity index (χ3n) is 5.07. The van der Waals surface area contributed by atoms with Crippen molar-refractivity contribution in [1.82, 2.24) is 15.3 Å². The van der Waals surface area contributed by atoms with Gasteiger partial charge < -0.3 is 15.0 Å². The number of fused-ring (bicyclic) bond motifs is 1. The maximum absolute atomic E-state index is 13.1. The minimum Gasteiger partial charge on any atom is -0.445 e. The van der Waals surface area contributed by atoms with Crippen molar-refractivity contribution in [3.63, 3.8) is 0 Å². The van der Waals surface area contributed by atoms with E-state index < -0.39 is 12.1 Å². The SMILES string of the molecule is O=C(N[C@@H](Cc1c[nH]c2ccccc12)C(=O)Cc1ccccn1)OCc1ccccc1. The third-order valence-corrected chi connectivity index (χ3v) is 5.07. The Morgan fingerprint density at radius 1 is 0.968 bits per heavy atom. The molecule has 0 unspecified atom stereocenters. The molecule has 0 radical (unpaired) electrons. The van der Waals surface area contributed by atoms with E-state index >= 15 is 0 Å². The first-order valence-electron chi connectivity index (χ1n) is 10.1. The van der Waals surface area contributed by atoms with Gasteiger partial charge in [-0.1, -0.05) is 54.6 Å². The number of Topliss-reactive ketones (excluding diaryl/α,β-unsaturated/α-hetero) is 1. The topological polar surface area (TPSA) is 84.1 Å². The monoisotopic (exact) mass is 413 g/mol. The van der Waals surface area contributed by atoms with Gasteiger partial charge in [0.1, 0.15) is 6.61 Å². The maximum atomic E-state index is 13.1. The number of ether oxygens (including phenoxy) is 1. The summed E-state index contributed by atoms with van der Waals surface area (Å²) in [6, 6.07) is 22.0. The number of aromatic nitrogens is 2. The van der Waals surface area contributed by atoms with Crippen LogP contribution in [0.1, 0.15) is 16.8 Å². The third kappa shape index (κ3) is 5.36. The van der Waals surface area contributed by atoms with Gasteiger partial charge in [0.05, 0.1) is 12.5 Å². The lowest BCUT2D eigenvalue weighted by atomic mass is 9.99. The molecule has 4 rings (SSSR count). The van der Waals surface area contributed by atoms with Gasteiger partial charge in [0.2, 0.25) is 0 Å². The number of nitrogens with one attached hydrogen (secondary N) is 2. The van der Waals surface area contributed by atoms with Gasteiger partial charge in [0.15, 0.2) is 5.78 Å². The number of H-pyrrole nitrogens is 1. The molecule has 0 aliphatic rings. The molecular weight excluding hydrogens is 390 g/mol. The van der Waals surface area contributed by atoms with Crippen LogP contribution in [0.5, 0.6) is 0 Å². The van der Waals surface area contributed by atoms with Crippen LogP contribution in [-0.4, -0.2) is 27.9 Å². The molecule has 1 amide bonds. The molecular formula is C25H23N3O3. The lowest BCUT2D eigenvalue weighted by Crippen LogP contribution is -2.43. The smallest absolute Gasteiger partial charge is 0.408 e. The molecule has 2 N–H and O–H groups in total. The lowest BCUT2D eigenvalue weighted by molar-refractivity contribution is -0.120. The van der Waals surface area contributed by atoms with Crippen molar-refractivity contribution in [1.29, 1.82) is 0 Å². The summed E-state index contributed by atoms with van der Waals surface area (Å²) < 4.78 is 5.34. The summed E-state index contributed by atoms with van der Waals surface area (Å²) in [5, 5.41) is 3.78. The fraction of sp³-hybridized carbons (Fsp3) is 0.160. The molecule has 31 heavy (non-hydrogen) atoms. The van der Waals surface area contributed by atoms with Gasteiger partial charge in [0.25, 0.3) is 0 Å². The van der Waals surface area contributed by atoms with E-state index in [1.807, 2.05) is 66.9 Å². The molecule has 2 aromatic carbocycles. The van der Waals surface area contributed by atoms with Crippen molar-refractivity contribution in [3.8, 4) is 0 Å². The molecule has 6 heteroatoms. The van der Waals surface area contributed by atoms with Crippen molar-refractivity contribution in [2.24, 2.45) is 0 Å². The van der Waals surface area contributed by atoms with Crippen molar-refractivity contribution in [2.75, 3.05) is 0 Å². The first-order valence-corrected chi connectivity index (χ1v) is 10.1. The van der Waals surface area contributed by atoms with E-state index in [4.69, 9.17) is 4.74 Å². The summed E-state index contributed by atoms with van der Waals surface area (Å²) in [7, 11) is 0. The fourth-order valence-electron chi connectivity index (χ4n) is 3.48. The highest BCUT2D eigenvalue weighted by molar-refractivity contribution is 5.90. The summed E-state index contributed by atoms with van der Waals surface area (Å²) >= 11 is 0. The standard InChI is InChI=1S/C25H23N3O3/c29-24(15-20-10-6-7-13-26-20)23(14-19-16-27-22-12-5-4-11-21(19)22)28-25(30)31-17-18-8-2-1-3-9-18/h1-13,16,23,27H,14-15,17H2,(H,28,30)/t23-/m0/s1. The minimum atomic E-state index is -0.732. The number of rotatable bonds is 8. The van der Waals surface area contributed by atoms with Crippen LogP contribution >= 0.6 is 0 Å². The van der Waals surface area contributed by atoms with Gasteiger partial charge in [0, 0.05) is 35.4 Å². The summed E-state index contributed by atoms with van der Waals surface area (Å²) in [6.45, 7) is 0.140. The number of aromatic amines is 1. The Morgan fingerprint density at radius 2 is 1.74 bits per heavy atom. The molecule has 0 saturated heterocycles. The Morgan fingerprint density at radius 3 is 2.55 bits per heavy atom. The number of ketones is 1. The zero-order chi connectivity index (χ0) is 21.5. The van der Waals surface area contributed by atoms with E-state index in [0.717, 1.165) is 22.0 Å². The van der Waals surface area contributed by atoms with E-state index in [-0.39, 0.29) is 18.8 Å². The average molecular weight is 413 g/mol. The highest BCUT2D eigenvalue weighted by Crippen LogP contribution is 2.20. The maximum Gasteiger partial charge on any atom is 0.408 e. The molecule has 0 fully saturated rings. The predicted molar refractivity (Wildman–Crippen MR) is 119 cm³/mol. The normalized spacial score (nSPS) is 11.7. The highest BCUT2D eigenvalue weighted by atomic mass is 16.5. The molecule has 6 nitrogen and oxygen atoms in total. The van der Waals surface area contributed by atoms with Crippen molar-refractivity contribution in [2.45, 2.75) is 25.5 Å². The molecule has 0 aliphatic carbocycles. The Bertz CT molecular complexity index is 1160. The number of alkyl carbamates (subject to hydrolysis) is 1. The van der Waals surface area contributed by atoms with Crippen molar-refractivity contribution >= 4 is 22.8 Å². The zero-order valence-electron chi connectivity index (χ0n) is 17.0. The number of para-hydroxylation sites is 1. The molecule has 4 aromatic rings. The molecule has 1 atom stereocenters. The van der Waals surface area contributed by atoms with E-state index in [2.05, 4.69) is 15.3 Å². The molecule has 0 aliphatic heterocycles. The Kier molecular flexibility index (Phi) is 6.38. The second kappa shape index (κ2) is 9.71. The summed E-state index contributed by atoms with van der Waals surface area (Å²) in [4.78, 5) is 33.0. The second-order valence-electron chi connectivity index (χ2n) is 7.29. The number of hydrogen-bond acceptors (Lipinski definition) is 4. The first-order chi connectivity index (χ1) is 15.2. The second-order valence-corrected chi connectivity index (χ2v) is 7.29. The van der Waals surface area contributed by atoms with Crippen molar-refractivity contribution < 1.29 is 14.3 Å². The molecule has 0 saturated carbocycles. The zero-order valence-corrected chi connectivity index (χ0v) is 17.0. The van der Waals surface area contributed by atoms with Gasteiger partial charge in [-0.05, 0) is 29.3 Å². The summed E-state index contributed by atoms with van der Waals surface area (Å²) in [6.07, 6.45) is 3.40. The Balaban J connectivity index is 1.48. The fourth-order valence-corrected chi connectivity index (χ4v) is 3.48. The highest BCUT2D eigenvalue weighted by Gasteiger charge is 2.23. The van der Waals surface area contributed by atoms with Gasteiger partial charge >= 0.3 is 6.09 Å². The molecule has 156 valence electrons. The lowest BCUT2D eigenvalue weighted by Gasteiger charge is -2.17. The van der Waals surface area contributed by atoms with E-state index in [1.54, 1.807) is 18.3 Å². The number of carbonyl (C=O) groups excluding carboxylic acids is 2. The van der Waals surface area contributed by atoms with Crippen LogP contribution in [0.3, 0.4) is 0 Å². The van der Waals surface area contributed by atoms with Crippen LogP contribution in [0.15, 0.2) is 85.2 Å². The van der Waals surface area contributed by atoms with Gasteiger partial charge in [-0.2, -0.15) is 0 Å². The Hall–Kier alpha value is -3.93. The van der Waals surface area contributed by atoms with E-state index in [9.17, 15) is 9.59 Å². The largest absolute Gasteiger partial charge is 0.445 e. The quantitative estimate of drug-likeness (QED) is 0.453. The van der Waals surface area contributed by atoms with Gasteiger partial charge in [-0.3, -0.25) is 9.78 Å². The molecule has 2 heterocycles. The molecule has 0 bridgehead atoms. The number of hydrogen-bond donors (Lipinski definition) is 2. The number of nitrogens with zero attached hydrogens (tertiary/aromatic N) is 1. The Labute approximate surface area is 180 Å². The minimum absolute atomic E-state index is 0.124. The summed E-state index contributed by atoms with van der Waals surface area (Å²) in [5.41, 5.74) is 3.49. The number of amides is 1. The summed E-state index contributed by atoms with van der Waals surface area (Å²) in [5.74, 6) is -0.124. The van der Waals surface area contributed by atoms with Crippen LogP contribution in [-0.2, 0) is 29.0 Å². The average Bonchev–Trinajstić information content (AvgIpc) is 3.21. The first kappa shape index (κ1) is 20.3. The van der Waals surface area contributed by atoms with Crippen LogP contribution in [0, 0.1) is 0 Å². The van der Waals surface area contributed by atoms with Crippen LogP contribution in [0.25, 0.3) is 10.9 Å². The number of benzene rings is 2. The molecule has 0 spiro atoms. The van der Waals surface area contributed by atoms with E-state index in [1.165, 1.54) is 0 Å². The predicted octanol–water partition coefficient (Wildman–Crippen LogP) is 4.21. The van der Waals surface area contributed by atoms with Crippen molar-refractivity contribution in [3.05, 3.63) is 102 Å². The molecule has 2 aromatic heterocycles. The van der Waals surface area contributed by atoms with Gasteiger partial charge in [-0.15, -0.1) is 0 Å².